The summed E-state index contributed by atoms with van der Waals surface area (Å²) >= 11 is 1.52. The number of aryl methyl sites for hydroxylation is 1. The van der Waals surface area contributed by atoms with Gasteiger partial charge in [-0.3, -0.25) is 9.69 Å². The predicted octanol–water partition coefficient (Wildman–Crippen LogP) is 5.88. The number of likely N-dealkylation sites (tertiary alicyclic amines) is 1. The van der Waals surface area contributed by atoms with Gasteiger partial charge < -0.3 is 19.9 Å². The Morgan fingerprint density at radius 1 is 1.07 bits per heavy atom. The minimum atomic E-state index is -0.497. The number of rotatable bonds is 7. The molecule has 43 heavy (non-hydrogen) atoms. The molecule has 1 aromatic carbocycles. The van der Waals surface area contributed by atoms with E-state index in [0.717, 1.165) is 35.9 Å². The van der Waals surface area contributed by atoms with Gasteiger partial charge in [0, 0.05) is 57.4 Å². The molecule has 0 unspecified atom stereocenters. The highest BCUT2D eigenvalue weighted by atomic mass is 32.1. The summed E-state index contributed by atoms with van der Waals surface area (Å²) < 4.78 is 20.1. The number of benzene rings is 1. The van der Waals surface area contributed by atoms with Gasteiger partial charge in [-0.05, 0) is 82.2 Å². The second-order valence-electron chi connectivity index (χ2n) is 12.4. The summed E-state index contributed by atoms with van der Waals surface area (Å²) in [5.74, 6) is 0.524. The lowest BCUT2D eigenvalue weighted by molar-refractivity contribution is 0.0184. The zero-order valence-corrected chi connectivity index (χ0v) is 26.3. The van der Waals surface area contributed by atoms with Crippen molar-refractivity contribution in [2.24, 2.45) is 5.92 Å². The molecule has 230 valence electrons. The van der Waals surface area contributed by atoms with Crippen LogP contribution in [-0.4, -0.2) is 81.5 Å². The number of amides is 2. The fraction of sp³-hybridized carbons (Fsp3) is 0.500. The molecule has 2 aliphatic heterocycles. The normalized spacial score (nSPS) is 16.8. The van der Waals surface area contributed by atoms with E-state index in [2.05, 4.69) is 27.3 Å². The number of pyridine rings is 1. The first-order chi connectivity index (χ1) is 20.5. The zero-order chi connectivity index (χ0) is 30.6. The van der Waals surface area contributed by atoms with Crippen LogP contribution in [-0.2, 0) is 17.7 Å². The number of carbonyl (C=O) groups is 2. The molecule has 0 atom stereocenters. The number of aromatic nitrogens is 2. The number of hydrogen-bond acceptors (Lipinski definition) is 8. The number of piperidine rings is 1. The Balaban J connectivity index is 1.21. The molecule has 2 aliphatic rings. The van der Waals surface area contributed by atoms with Crippen molar-refractivity contribution in [1.29, 1.82) is 0 Å². The Bertz CT molecular complexity index is 1410. The zero-order valence-electron chi connectivity index (χ0n) is 25.4. The quantitative estimate of drug-likeness (QED) is 0.358. The van der Waals surface area contributed by atoms with E-state index in [1.807, 2.05) is 31.1 Å². The van der Waals surface area contributed by atoms with Crippen molar-refractivity contribution < 1.29 is 18.7 Å². The molecule has 4 heterocycles. The van der Waals surface area contributed by atoms with Gasteiger partial charge >= 0.3 is 6.09 Å². The number of piperazine rings is 1. The van der Waals surface area contributed by atoms with Crippen LogP contribution in [0, 0.1) is 18.7 Å². The van der Waals surface area contributed by atoms with Crippen molar-refractivity contribution in [3.05, 3.63) is 70.1 Å². The van der Waals surface area contributed by atoms with Crippen LogP contribution in [0.25, 0.3) is 0 Å². The molecule has 1 N–H and O–H groups in total. The van der Waals surface area contributed by atoms with E-state index >= 15 is 0 Å². The molecule has 0 spiro atoms. The molecule has 2 fully saturated rings. The summed E-state index contributed by atoms with van der Waals surface area (Å²) in [4.78, 5) is 40.6. The molecule has 0 bridgehead atoms. The Morgan fingerprint density at radius 2 is 1.81 bits per heavy atom. The number of carbonyl (C=O) groups excluding carboxylic acids is 2. The van der Waals surface area contributed by atoms with E-state index in [-0.39, 0.29) is 17.6 Å². The molecular weight excluding hydrogens is 567 g/mol. The maximum Gasteiger partial charge on any atom is 0.410 e. The number of anilines is 2. The predicted molar refractivity (Wildman–Crippen MR) is 166 cm³/mol. The van der Waals surface area contributed by atoms with Gasteiger partial charge in [-0.1, -0.05) is 12.1 Å². The van der Waals surface area contributed by atoms with Crippen molar-refractivity contribution in [2.45, 2.75) is 59.1 Å². The van der Waals surface area contributed by atoms with Gasteiger partial charge in [0.1, 0.15) is 17.2 Å². The van der Waals surface area contributed by atoms with Gasteiger partial charge in [-0.15, -0.1) is 11.3 Å². The van der Waals surface area contributed by atoms with Crippen LogP contribution < -0.4 is 5.32 Å². The van der Waals surface area contributed by atoms with Crippen LogP contribution >= 0.6 is 11.3 Å². The molecule has 0 saturated carbocycles. The molecule has 2 saturated heterocycles. The first-order valence-corrected chi connectivity index (χ1v) is 15.8. The van der Waals surface area contributed by atoms with Crippen LogP contribution in [0.15, 0.2) is 41.9 Å². The standard InChI is InChI=1S/C32H41FN6O3S/c1-22-6-5-7-26(28(22)33)29(40)38-15-13-37(14-16-38)21-25-19-24(20-27(35-25)36-30-34-10-17-43-30)18-23-8-11-39(12-9-23)31(41)42-32(2,3)4/h5-7,10,17,19-20,23H,8-9,11-16,18,21H2,1-4H3,(H,34,35,36). The van der Waals surface area contributed by atoms with Gasteiger partial charge in [-0.2, -0.15) is 0 Å². The SMILES string of the molecule is Cc1cccc(C(=O)N2CCN(Cc3cc(CC4CCN(C(=O)OC(C)(C)C)CC4)cc(Nc4nccs4)n3)CC2)c1F. The highest BCUT2D eigenvalue weighted by Crippen LogP contribution is 2.26. The van der Waals surface area contributed by atoms with Gasteiger partial charge in [0.25, 0.3) is 5.91 Å². The first kappa shape index (κ1) is 30.9. The van der Waals surface area contributed by atoms with Crippen molar-refractivity contribution >= 4 is 34.3 Å². The lowest BCUT2D eigenvalue weighted by Gasteiger charge is -2.35. The third-order valence-corrected chi connectivity index (χ3v) is 8.55. The summed E-state index contributed by atoms with van der Waals surface area (Å²) in [5, 5.41) is 6.07. The highest BCUT2D eigenvalue weighted by Gasteiger charge is 2.28. The number of thiazole rings is 1. The fourth-order valence-electron chi connectivity index (χ4n) is 5.61. The molecule has 2 amide bonds. The second kappa shape index (κ2) is 13.4. The third kappa shape index (κ3) is 8.29. The average Bonchev–Trinajstić information content (AvgIpc) is 3.47. The first-order valence-electron chi connectivity index (χ1n) is 14.9. The molecule has 3 aromatic rings. The topological polar surface area (TPSA) is 90.9 Å². The number of ether oxygens (including phenoxy) is 1. The van der Waals surface area contributed by atoms with Crippen LogP contribution in [0.5, 0.6) is 0 Å². The summed E-state index contributed by atoms with van der Waals surface area (Å²) in [6, 6.07) is 9.23. The second-order valence-corrected chi connectivity index (χ2v) is 13.3. The molecule has 0 radical (unpaired) electrons. The van der Waals surface area contributed by atoms with E-state index in [1.54, 1.807) is 36.2 Å². The Labute approximate surface area is 257 Å². The highest BCUT2D eigenvalue weighted by molar-refractivity contribution is 7.13. The van der Waals surface area contributed by atoms with Crippen molar-refractivity contribution in [3.63, 3.8) is 0 Å². The van der Waals surface area contributed by atoms with Crippen LogP contribution in [0.4, 0.5) is 20.1 Å². The smallest absolute Gasteiger partial charge is 0.410 e. The van der Waals surface area contributed by atoms with E-state index < -0.39 is 11.4 Å². The largest absolute Gasteiger partial charge is 0.444 e. The van der Waals surface area contributed by atoms with Crippen LogP contribution in [0.1, 0.15) is 60.8 Å². The van der Waals surface area contributed by atoms with Gasteiger partial charge in [-0.25, -0.2) is 19.2 Å². The van der Waals surface area contributed by atoms with Crippen molar-refractivity contribution in [1.82, 2.24) is 24.7 Å². The van der Waals surface area contributed by atoms with Gasteiger partial charge in [0.15, 0.2) is 5.13 Å². The monoisotopic (exact) mass is 608 g/mol. The molecule has 5 rings (SSSR count). The minimum Gasteiger partial charge on any atom is -0.444 e. The van der Waals surface area contributed by atoms with Gasteiger partial charge in [0.05, 0.1) is 11.3 Å². The third-order valence-electron chi connectivity index (χ3n) is 7.86. The lowest BCUT2D eigenvalue weighted by atomic mass is 9.90. The molecule has 2 aromatic heterocycles. The minimum absolute atomic E-state index is 0.137. The summed E-state index contributed by atoms with van der Waals surface area (Å²) in [6.45, 7) is 11.8. The Morgan fingerprint density at radius 3 is 2.49 bits per heavy atom. The summed E-state index contributed by atoms with van der Waals surface area (Å²) in [5.41, 5.74) is 2.27. The molecule has 11 heteroatoms. The molecule has 9 nitrogen and oxygen atoms in total. The fourth-order valence-corrected chi connectivity index (χ4v) is 6.14. The van der Waals surface area contributed by atoms with Crippen molar-refractivity contribution in [2.75, 3.05) is 44.6 Å². The molecule has 0 aliphatic carbocycles. The lowest BCUT2D eigenvalue weighted by Crippen LogP contribution is -2.48. The summed E-state index contributed by atoms with van der Waals surface area (Å²) in [6.07, 6.45) is 4.26. The van der Waals surface area contributed by atoms with E-state index in [1.165, 1.54) is 16.9 Å². The number of halogens is 1. The van der Waals surface area contributed by atoms with Gasteiger partial charge in [0.2, 0.25) is 0 Å². The van der Waals surface area contributed by atoms with Crippen LogP contribution in [0.3, 0.4) is 0 Å². The maximum atomic E-state index is 14.6. The number of nitrogens with one attached hydrogen (secondary N) is 1. The number of nitrogens with zero attached hydrogens (tertiary/aromatic N) is 5. The Hall–Kier alpha value is -3.57. The van der Waals surface area contributed by atoms with E-state index in [9.17, 15) is 14.0 Å². The number of hydrogen-bond donors (Lipinski definition) is 1. The summed E-state index contributed by atoms with van der Waals surface area (Å²) in [7, 11) is 0. The van der Waals surface area contributed by atoms with Crippen molar-refractivity contribution in [3.8, 4) is 0 Å². The van der Waals surface area contributed by atoms with Crippen LogP contribution in [0.2, 0.25) is 0 Å². The average molecular weight is 609 g/mol. The Kier molecular flexibility index (Phi) is 9.61. The van der Waals surface area contributed by atoms with E-state index in [0.29, 0.717) is 57.3 Å². The maximum absolute atomic E-state index is 14.6. The molecular formula is C32H41FN6O3S. The van der Waals surface area contributed by atoms with E-state index in [4.69, 9.17) is 9.72 Å².